The first kappa shape index (κ1) is 9.01. The number of hydrogen-bond acceptors (Lipinski definition) is 0. The van der Waals surface area contributed by atoms with Gasteiger partial charge in [0.25, 0.3) is 0 Å². The fourth-order valence-electron chi connectivity index (χ4n) is 0.819. The van der Waals surface area contributed by atoms with Crippen LogP contribution in [0.25, 0.3) is 0 Å². The summed E-state index contributed by atoms with van der Waals surface area (Å²) >= 11 is 8.94. The van der Waals surface area contributed by atoms with E-state index >= 15 is 0 Å². The summed E-state index contributed by atoms with van der Waals surface area (Å²) in [6.45, 7) is 1.86. The molecule has 1 aromatic rings. The molecule has 0 heterocycles. The lowest BCUT2D eigenvalue weighted by Crippen LogP contribution is -1.88. The molecule has 11 heavy (non-hydrogen) atoms. The Morgan fingerprint density at radius 1 is 1.55 bits per heavy atom. The summed E-state index contributed by atoms with van der Waals surface area (Å²) < 4.78 is 12.9. The summed E-state index contributed by atoms with van der Waals surface area (Å²) in [4.78, 5) is 0.00111. The molecule has 0 bridgehead atoms. The van der Waals surface area contributed by atoms with Crippen LogP contribution in [-0.4, -0.2) is 0 Å². The third-order valence-corrected chi connectivity index (χ3v) is 2.11. The third kappa shape index (κ3) is 2.17. The lowest BCUT2D eigenvalue weighted by atomic mass is 10.1. The minimum atomic E-state index is -0.223. The Labute approximate surface area is 78.5 Å². The molecule has 3 heteroatoms. The Balaban J connectivity index is 3.13. The molecule has 0 fully saturated rings. The quantitative estimate of drug-likeness (QED) is 0.649. The average Bonchev–Trinajstić information content (AvgIpc) is 1.94. The van der Waals surface area contributed by atoms with E-state index in [2.05, 4.69) is 15.9 Å². The molecular weight excluding hydrogens is 230 g/mol. The van der Waals surface area contributed by atoms with E-state index in [-0.39, 0.29) is 10.6 Å². The number of rotatable bonds is 1. The largest absolute Gasteiger partial charge is 0.207 e. The minimum absolute atomic E-state index is 0.00111. The maximum Gasteiger partial charge on any atom is 0.127 e. The Morgan fingerprint density at radius 3 is 2.64 bits per heavy atom. The first-order valence-electron chi connectivity index (χ1n) is 3.20. The SMILES string of the molecule is CC(Br)c1cc(Cl)ccc1F. The van der Waals surface area contributed by atoms with Gasteiger partial charge in [-0.3, -0.25) is 0 Å². The molecular formula is C8H7BrClF. The summed E-state index contributed by atoms with van der Waals surface area (Å²) in [6.07, 6.45) is 0. The molecule has 0 aliphatic heterocycles. The van der Waals surface area contributed by atoms with Gasteiger partial charge in [-0.05, 0) is 25.1 Å². The van der Waals surface area contributed by atoms with Gasteiger partial charge in [-0.15, -0.1) is 0 Å². The third-order valence-electron chi connectivity index (χ3n) is 1.39. The first-order valence-corrected chi connectivity index (χ1v) is 4.49. The Kier molecular flexibility index (Phi) is 2.90. The highest BCUT2D eigenvalue weighted by atomic mass is 79.9. The van der Waals surface area contributed by atoms with Gasteiger partial charge in [-0.25, -0.2) is 4.39 Å². The van der Waals surface area contributed by atoms with E-state index in [0.717, 1.165) is 0 Å². The Bertz CT molecular complexity index is 260. The summed E-state index contributed by atoms with van der Waals surface area (Å²) in [5, 5.41) is 0.563. The number of alkyl halides is 1. The zero-order valence-corrected chi connectivity index (χ0v) is 8.29. The highest BCUT2D eigenvalue weighted by Crippen LogP contribution is 2.26. The maximum absolute atomic E-state index is 12.9. The second-order valence-corrected chi connectivity index (χ2v) is 4.09. The minimum Gasteiger partial charge on any atom is -0.207 e. The molecule has 0 aromatic heterocycles. The van der Waals surface area contributed by atoms with Gasteiger partial charge in [0.05, 0.1) is 0 Å². The molecule has 0 N–H and O–H groups in total. The predicted molar refractivity (Wildman–Crippen MR) is 48.8 cm³/mol. The van der Waals surface area contributed by atoms with Crippen LogP contribution >= 0.6 is 27.5 Å². The summed E-state index contributed by atoms with van der Waals surface area (Å²) in [5.41, 5.74) is 0.595. The van der Waals surface area contributed by atoms with E-state index in [1.54, 1.807) is 6.07 Å². The molecule has 0 aliphatic carbocycles. The second-order valence-electron chi connectivity index (χ2n) is 2.28. The van der Waals surface area contributed by atoms with Gasteiger partial charge >= 0.3 is 0 Å². The van der Waals surface area contributed by atoms with E-state index in [1.807, 2.05) is 6.92 Å². The van der Waals surface area contributed by atoms with Gasteiger partial charge in [0.1, 0.15) is 5.82 Å². The maximum atomic E-state index is 12.9. The van der Waals surface area contributed by atoms with E-state index in [0.29, 0.717) is 10.6 Å². The fourth-order valence-corrected chi connectivity index (χ4v) is 1.35. The van der Waals surface area contributed by atoms with Crippen LogP contribution in [0.5, 0.6) is 0 Å². The molecule has 0 saturated heterocycles. The average molecular weight is 237 g/mol. The van der Waals surface area contributed by atoms with Gasteiger partial charge in [0.15, 0.2) is 0 Å². The van der Waals surface area contributed by atoms with Gasteiger partial charge in [0.2, 0.25) is 0 Å². The summed E-state index contributed by atoms with van der Waals surface area (Å²) in [6, 6.07) is 4.53. The normalized spacial score (nSPS) is 13.1. The number of benzene rings is 1. The molecule has 0 amide bonds. The van der Waals surface area contributed by atoms with E-state index in [4.69, 9.17) is 11.6 Å². The lowest BCUT2D eigenvalue weighted by molar-refractivity contribution is 0.612. The molecule has 0 nitrogen and oxygen atoms in total. The molecule has 1 atom stereocenters. The molecule has 0 radical (unpaired) electrons. The standard InChI is InChI=1S/C8H7BrClF/c1-5(9)7-4-6(10)2-3-8(7)11/h2-5H,1H3. The van der Waals surface area contributed by atoms with Crippen molar-refractivity contribution in [2.24, 2.45) is 0 Å². The van der Waals surface area contributed by atoms with Gasteiger partial charge in [-0.1, -0.05) is 27.5 Å². The molecule has 1 rings (SSSR count). The van der Waals surface area contributed by atoms with Crippen molar-refractivity contribution in [3.63, 3.8) is 0 Å². The van der Waals surface area contributed by atoms with Crippen LogP contribution in [0.4, 0.5) is 4.39 Å². The van der Waals surface area contributed by atoms with Crippen molar-refractivity contribution in [2.75, 3.05) is 0 Å². The monoisotopic (exact) mass is 236 g/mol. The van der Waals surface area contributed by atoms with Crippen molar-refractivity contribution >= 4 is 27.5 Å². The summed E-state index contributed by atoms with van der Waals surface area (Å²) in [7, 11) is 0. The molecule has 60 valence electrons. The smallest absolute Gasteiger partial charge is 0.127 e. The number of halogens is 3. The first-order chi connectivity index (χ1) is 5.11. The van der Waals surface area contributed by atoms with Crippen molar-refractivity contribution in [1.29, 1.82) is 0 Å². The van der Waals surface area contributed by atoms with Crippen molar-refractivity contribution in [3.05, 3.63) is 34.6 Å². The van der Waals surface area contributed by atoms with Crippen LogP contribution in [0.2, 0.25) is 5.02 Å². The van der Waals surface area contributed by atoms with Crippen LogP contribution in [0, 0.1) is 5.82 Å². The summed E-state index contributed by atoms with van der Waals surface area (Å²) in [5.74, 6) is -0.223. The highest BCUT2D eigenvalue weighted by molar-refractivity contribution is 9.09. The van der Waals surface area contributed by atoms with Crippen LogP contribution in [0.1, 0.15) is 17.3 Å². The second kappa shape index (κ2) is 3.55. The topological polar surface area (TPSA) is 0 Å². The van der Waals surface area contributed by atoms with Crippen LogP contribution in [0.3, 0.4) is 0 Å². The molecule has 0 aliphatic rings. The molecule has 0 spiro atoms. The van der Waals surface area contributed by atoms with Crippen molar-refractivity contribution in [1.82, 2.24) is 0 Å². The van der Waals surface area contributed by atoms with Crippen LogP contribution in [0.15, 0.2) is 18.2 Å². The zero-order valence-electron chi connectivity index (χ0n) is 5.94. The number of hydrogen-bond donors (Lipinski definition) is 0. The van der Waals surface area contributed by atoms with E-state index < -0.39 is 0 Å². The van der Waals surface area contributed by atoms with Crippen molar-refractivity contribution < 1.29 is 4.39 Å². The molecule has 1 unspecified atom stereocenters. The Morgan fingerprint density at radius 2 is 2.18 bits per heavy atom. The molecule has 1 aromatic carbocycles. The predicted octanol–water partition coefficient (Wildman–Crippen LogP) is 3.94. The van der Waals surface area contributed by atoms with E-state index in [1.165, 1.54) is 12.1 Å². The lowest BCUT2D eigenvalue weighted by Gasteiger charge is -2.04. The fraction of sp³-hybridized carbons (Fsp3) is 0.250. The van der Waals surface area contributed by atoms with E-state index in [9.17, 15) is 4.39 Å². The van der Waals surface area contributed by atoms with Crippen LogP contribution < -0.4 is 0 Å². The van der Waals surface area contributed by atoms with Crippen molar-refractivity contribution in [2.45, 2.75) is 11.8 Å². The van der Waals surface area contributed by atoms with Crippen molar-refractivity contribution in [3.8, 4) is 0 Å². The highest BCUT2D eigenvalue weighted by Gasteiger charge is 2.07. The molecule has 0 saturated carbocycles. The van der Waals surface area contributed by atoms with Gasteiger partial charge < -0.3 is 0 Å². The Hall–Kier alpha value is -0.0800. The van der Waals surface area contributed by atoms with Gasteiger partial charge in [-0.2, -0.15) is 0 Å². The van der Waals surface area contributed by atoms with Crippen LogP contribution in [-0.2, 0) is 0 Å². The van der Waals surface area contributed by atoms with Gasteiger partial charge in [0, 0.05) is 15.4 Å². The zero-order chi connectivity index (χ0) is 8.43.